The first-order valence-corrected chi connectivity index (χ1v) is 38.5. The number of carbonyl (C=O) groups is 4. The summed E-state index contributed by atoms with van der Waals surface area (Å²) in [7, 11) is -9.88. The highest BCUT2D eigenvalue weighted by Gasteiger charge is 2.30. The number of esters is 4. The van der Waals surface area contributed by atoms with Crippen LogP contribution in [0.5, 0.6) is 0 Å². The number of hydrogen-bond acceptors (Lipinski definition) is 15. The Morgan fingerprint density at radius 2 is 0.529 bits per heavy atom. The van der Waals surface area contributed by atoms with E-state index in [9.17, 15) is 43.2 Å². The SMILES string of the molecule is CCCCCCCCCCC(=O)O[C@H](COC(=O)CCCCCCC)COP(=O)(O)OC[C@H](O)COP(=O)(O)OC[C@@H](COC(=O)CCCCCCCCCCCCC(C)C)OC(=O)CCCCCCCCCCCCCCCCCCCCC(C)C. The first kappa shape index (κ1) is 85.1. The van der Waals surface area contributed by atoms with E-state index in [1.807, 2.05) is 0 Å². The summed E-state index contributed by atoms with van der Waals surface area (Å²) in [5.41, 5.74) is 0. The van der Waals surface area contributed by atoms with Gasteiger partial charge in [0.15, 0.2) is 12.2 Å². The van der Waals surface area contributed by atoms with E-state index in [0.29, 0.717) is 25.7 Å². The first-order chi connectivity index (χ1) is 41.9. The molecule has 0 aliphatic heterocycles. The van der Waals surface area contributed by atoms with Gasteiger partial charge in [-0.3, -0.25) is 37.3 Å². The number of phosphoric acid groups is 2. The summed E-state index contributed by atoms with van der Waals surface area (Å²) in [6.45, 7) is 9.44. The quantitative estimate of drug-likeness (QED) is 0.0222. The molecule has 0 aliphatic rings. The van der Waals surface area contributed by atoms with E-state index in [2.05, 4.69) is 41.5 Å². The summed E-state index contributed by atoms with van der Waals surface area (Å²) < 4.78 is 67.9. The van der Waals surface area contributed by atoms with Crippen LogP contribution in [0.4, 0.5) is 0 Å². The molecule has 0 bridgehead atoms. The van der Waals surface area contributed by atoms with Crippen molar-refractivity contribution in [2.75, 3.05) is 39.6 Å². The van der Waals surface area contributed by atoms with Crippen molar-refractivity contribution in [1.82, 2.24) is 0 Å². The molecule has 2 unspecified atom stereocenters. The van der Waals surface area contributed by atoms with Crippen LogP contribution >= 0.6 is 15.6 Å². The smallest absolute Gasteiger partial charge is 0.462 e. The van der Waals surface area contributed by atoms with Crippen molar-refractivity contribution in [3.63, 3.8) is 0 Å². The molecule has 0 fully saturated rings. The van der Waals surface area contributed by atoms with Gasteiger partial charge >= 0.3 is 39.5 Å². The molecule has 0 aromatic carbocycles. The number of rotatable bonds is 67. The van der Waals surface area contributed by atoms with Gasteiger partial charge in [0, 0.05) is 25.7 Å². The maximum atomic E-state index is 13.0. The zero-order valence-electron chi connectivity index (χ0n) is 56.3. The van der Waals surface area contributed by atoms with Gasteiger partial charge in [-0.1, -0.05) is 292 Å². The summed E-state index contributed by atoms with van der Waals surface area (Å²) >= 11 is 0. The second-order valence-electron chi connectivity index (χ2n) is 25.5. The van der Waals surface area contributed by atoms with E-state index in [0.717, 1.165) is 115 Å². The Hall–Kier alpha value is -1.94. The topological polar surface area (TPSA) is 237 Å². The van der Waals surface area contributed by atoms with Gasteiger partial charge in [-0.2, -0.15) is 0 Å². The second-order valence-corrected chi connectivity index (χ2v) is 28.4. The van der Waals surface area contributed by atoms with E-state index < -0.39 is 97.5 Å². The van der Waals surface area contributed by atoms with Crippen LogP contribution in [0.1, 0.15) is 343 Å². The lowest BCUT2D eigenvalue weighted by Crippen LogP contribution is -2.30. The Balaban J connectivity index is 5.09. The van der Waals surface area contributed by atoms with E-state index in [1.54, 1.807) is 0 Å². The van der Waals surface area contributed by atoms with Crippen molar-refractivity contribution in [3.05, 3.63) is 0 Å². The molecule has 0 aliphatic carbocycles. The molecule has 0 radical (unpaired) electrons. The van der Waals surface area contributed by atoms with Gasteiger partial charge < -0.3 is 33.8 Å². The average Bonchev–Trinajstić information content (AvgIpc) is 3.69. The maximum Gasteiger partial charge on any atom is 0.472 e. The number of aliphatic hydroxyl groups excluding tert-OH is 1. The van der Waals surface area contributed by atoms with E-state index in [4.69, 9.17) is 37.0 Å². The average molecular weight is 1280 g/mol. The van der Waals surface area contributed by atoms with Gasteiger partial charge in [0.2, 0.25) is 0 Å². The van der Waals surface area contributed by atoms with Crippen LogP contribution in [0.25, 0.3) is 0 Å². The highest BCUT2D eigenvalue weighted by Crippen LogP contribution is 2.45. The second kappa shape index (κ2) is 60.3. The van der Waals surface area contributed by atoms with Gasteiger partial charge in [0.1, 0.15) is 19.3 Å². The highest BCUT2D eigenvalue weighted by molar-refractivity contribution is 7.47. The number of hydrogen-bond donors (Lipinski definition) is 3. The number of ether oxygens (including phenoxy) is 4. The van der Waals surface area contributed by atoms with Gasteiger partial charge in [0.05, 0.1) is 26.4 Å². The molecule has 0 amide bonds. The van der Waals surface area contributed by atoms with E-state index in [1.165, 1.54) is 148 Å². The molecule has 3 N–H and O–H groups in total. The number of unbranched alkanes of at least 4 members (excludes halogenated alkanes) is 37. The third kappa shape index (κ3) is 62.6. The molecule has 0 spiro atoms. The highest BCUT2D eigenvalue weighted by atomic mass is 31.2. The molecule has 5 atom stereocenters. The molecule has 0 heterocycles. The first-order valence-electron chi connectivity index (χ1n) is 35.5. The minimum absolute atomic E-state index is 0.104. The Kier molecular flexibility index (Phi) is 59.0. The standard InChI is InChI=1S/C68H132O17P2/c1-7-9-11-13-14-33-40-46-52-67(72)84-63(56-78-65(70)50-44-36-12-10-8-2)58-82-86(74,75)80-54-62(69)55-81-87(76,77)83-59-64(57-79-66(71)51-45-39-34-29-26-25-28-32-38-43-49-61(5)6)85-68(73)53-47-41-35-30-24-22-20-18-16-15-17-19-21-23-27-31-37-42-48-60(3)4/h60-64,69H,7-59H2,1-6H3,(H,74,75)(H,76,77)/t62-,63+,64+/m0/s1. The summed E-state index contributed by atoms with van der Waals surface area (Å²) in [5.74, 6) is -0.563. The molecule has 0 rings (SSSR count). The Morgan fingerprint density at radius 3 is 0.782 bits per heavy atom. The van der Waals surface area contributed by atoms with Crippen molar-refractivity contribution in [3.8, 4) is 0 Å². The Bertz CT molecular complexity index is 1700. The van der Waals surface area contributed by atoms with Gasteiger partial charge in [-0.05, 0) is 37.5 Å². The lowest BCUT2D eigenvalue weighted by molar-refractivity contribution is -0.161. The van der Waals surface area contributed by atoms with E-state index in [-0.39, 0.29) is 25.7 Å². The monoisotopic (exact) mass is 1280 g/mol. The molecule has 19 heteroatoms. The molecule has 516 valence electrons. The lowest BCUT2D eigenvalue weighted by Gasteiger charge is -2.21. The van der Waals surface area contributed by atoms with Gasteiger partial charge in [-0.15, -0.1) is 0 Å². The van der Waals surface area contributed by atoms with Crippen LogP contribution in [-0.2, 0) is 65.4 Å². The van der Waals surface area contributed by atoms with Crippen LogP contribution in [0.2, 0.25) is 0 Å². The molecule has 87 heavy (non-hydrogen) atoms. The molecule has 0 saturated carbocycles. The van der Waals surface area contributed by atoms with Crippen molar-refractivity contribution in [2.45, 2.75) is 362 Å². The minimum atomic E-state index is -4.95. The largest absolute Gasteiger partial charge is 0.472 e. The van der Waals surface area contributed by atoms with Crippen molar-refractivity contribution >= 4 is 39.5 Å². The van der Waals surface area contributed by atoms with Gasteiger partial charge in [0.25, 0.3) is 0 Å². The molecule has 0 saturated heterocycles. The normalized spacial score (nSPS) is 14.2. The maximum absolute atomic E-state index is 13.0. The minimum Gasteiger partial charge on any atom is -0.462 e. The fraction of sp³-hybridized carbons (Fsp3) is 0.941. The lowest BCUT2D eigenvalue weighted by atomic mass is 10.0. The molecular formula is C68H132O17P2. The Morgan fingerprint density at radius 1 is 0.310 bits per heavy atom. The van der Waals surface area contributed by atoms with Crippen LogP contribution in [0.3, 0.4) is 0 Å². The van der Waals surface area contributed by atoms with Crippen molar-refractivity contribution in [1.29, 1.82) is 0 Å². The third-order valence-electron chi connectivity index (χ3n) is 15.7. The number of phosphoric ester groups is 2. The van der Waals surface area contributed by atoms with Crippen molar-refractivity contribution < 1.29 is 80.2 Å². The zero-order chi connectivity index (χ0) is 64.3. The van der Waals surface area contributed by atoms with Gasteiger partial charge in [-0.25, -0.2) is 9.13 Å². The Labute approximate surface area is 530 Å². The molecule has 0 aromatic rings. The summed E-state index contributed by atoms with van der Waals surface area (Å²) in [6.07, 6.45) is 45.0. The molecule has 0 aromatic heterocycles. The number of carbonyl (C=O) groups excluding carboxylic acids is 4. The molecule has 17 nitrogen and oxygen atoms in total. The number of aliphatic hydroxyl groups is 1. The van der Waals surface area contributed by atoms with Crippen LogP contribution in [0.15, 0.2) is 0 Å². The zero-order valence-corrected chi connectivity index (χ0v) is 58.1. The summed E-state index contributed by atoms with van der Waals surface area (Å²) in [6, 6.07) is 0. The fourth-order valence-electron chi connectivity index (χ4n) is 10.2. The van der Waals surface area contributed by atoms with Crippen LogP contribution < -0.4 is 0 Å². The third-order valence-corrected chi connectivity index (χ3v) is 17.6. The van der Waals surface area contributed by atoms with E-state index >= 15 is 0 Å². The molecular weight excluding hydrogens is 1150 g/mol. The fourth-order valence-corrected chi connectivity index (χ4v) is 11.8. The summed E-state index contributed by atoms with van der Waals surface area (Å²) in [4.78, 5) is 72.0. The van der Waals surface area contributed by atoms with Crippen LogP contribution in [0, 0.1) is 11.8 Å². The van der Waals surface area contributed by atoms with Crippen molar-refractivity contribution in [2.24, 2.45) is 11.8 Å². The summed E-state index contributed by atoms with van der Waals surface area (Å²) in [5, 5.41) is 10.5. The predicted molar refractivity (Wildman–Crippen MR) is 349 cm³/mol. The predicted octanol–water partition coefficient (Wildman–Crippen LogP) is 19.2. The van der Waals surface area contributed by atoms with Crippen LogP contribution in [-0.4, -0.2) is 96.7 Å².